The number of piperidine rings is 1. The highest BCUT2D eigenvalue weighted by molar-refractivity contribution is 8.00. The highest BCUT2D eigenvalue weighted by Crippen LogP contribution is 2.38. The predicted octanol–water partition coefficient (Wildman–Crippen LogP) is 3.12. The van der Waals surface area contributed by atoms with Gasteiger partial charge >= 0.3 is 5.97 Å². The van der Waals surface area contributed by atoms with E-state index in [9.17, 15) is 9.59 Å². The molecule has 1 N–H and O–H groups in total. The molecule has 4 nitrogen and oxygen atoms in total. The van der Waals surface area contributed by atoms with Crippen molar-refractivity contribution in [2.24, 2.45) is 5.92 Å². The number of aryl methyl sites for hydroxylation is 1. The maximum atomic E-state index is 13.0. The molecular formula is C18H23NO3S. The topological polar surface area (TPSA) is 57.6 Å². The van der Waals surface area contributed by atoms with Crippen LogP contribution >= 0.6 is 11.8 Å². The average molecular weight is 333 g/mol. The molecule has 2 aliphatic heterocycles. The zero-order valence-electron chi connectivity index (χ0n) is 13.2. The van der Waals surface area contributed by atoms with Gasteiger partial charge in [-0.1, -0.05) is 24.3 Å². The van der Waals surface area contributed by atoms with E-state index in [-0.39, 0.29) is 17.6 Å². The summed E-state index contributed by atoms with van der Waals surface area (Å²) in [5.74, 6) is 0.781. The largest absolute Gasteiger partial charge is 0.481 e. The first-order valence-electron chi connectivity index (χ1n) is 8.35. The van der Waals surface area contributed by atoms with E-state index >= 15 is 0 Å². The van der Waals surface area contributed by atoms with Crippen molar-refractivity contribution >= 4 is 23.6 Å². The van der Waals surface area contributed by atoms with Crippen LogP contribution in [0.15, 0.2) is 24.3 Å². The quantitative estimate of drug-likeness (QED) is 0.920. The Bertz CT molecular complexity index is 589. The SMILES string of the molecule is O=C(O)CCC1CCCN(C(=O)C2SCCc3ccccc32)C1. The number of carboxylic acid groups (broad SMARTS) is 1. The van der Waals surface area contributed by atoms with Crippen molar-refractivity contribution in [3.63, 3.8) is 0 Å². The number of fused-ring (bicyclic) bond motifs is 1. The second kappa shape index (κ2) is 7.39. The zero-order valence-corrected chi connectivity index (χ0v) is 14.1. The summed E-state index contributed by atoms with van der Waals surface area (Å²) in [6.07, 6.45) is 3.92. The second-order valence-electron chi connectivity index (χ2n) is 6.42. The van der Waals surface area contributed by atoms with E-state index in [1.807, 2.05) is 17.0 Å². The third-order valence-electron chi connectivity index (χ3n) is 4.81. The maximum Gasteiger partial charge on any atom is 0.303 e. The number of rotatable bonds is 4. The van der Waals surface area contributed by atoms with E-state index in [0.717, 1.165) is 31.6 Å². The van der Waals surface area contributed by atoms with Gasteiger partial charge in [-0.15, -0.1) is 11.8 Å². The number of benzene rings is 1. The van der Waals surface area contributed by atoms with Crippen LogP contribution in [-0.4, -0.2) is 40.7 Å². The molecule has 0 saturated carbocycles. The van der Waals surface area contributed by atoms with Gasteiger partial charge in [-0.3, -0.25) is 9.59 Å². The molecule has 124 valence electrons. The van der Waals surface area contributed by atoms with Gasteiger partial charge in [0.2, 0.25) is 5.91 Å². The number of nitrogens with zero attached hydrogens (tertiary/aromatic N) is 1. The molecule has 2 aliphatic rings. The zero-order chi connectivity index (χ0) is 16.2. The van der Waals surface area contributed by atoms with Crippen molar-refractivity contribution in [2.75, 3.05) is 18.8 Å². The van der Waals surface area contributed by atoms with Crippen LogP contribution in [0.2, 0.25) is 0 Å². The summed E-state index contributed by atoms with van der Waals surface area (Å²) in [5.41, 5.74) is 2.46. The molecule has 1 amide bonds. The molecule has 0 aliphatic carbocycles. The number of hydrogen-bond acceptors (Lipinski definition) is 3. The van der Waals surface area contributed by atoms with E-state index in [4.69, 9.17) is 5.11 Å². The molecule has 5 heteroatoms. The third kappa shape index (κ3) is 3.89. The van der Waals surface area contributed by atoms with Gasteiger partial charge in [0.15, 0.2) is 0 Å². The normalized spacial score (nSPS) is 24.1. The van der Waals surface area contributed by atoms with Crippen molar-refractivity contribution in [1.82, 2.24) is 4.90 Å². The number of carboxylic acids is 1. The number of carbonyl (C=O) groups excluding carboxylic acids is 1. The van der Waals surface area contributed by atoms with Crippen LogP contribution in [0.5, 0.6) is 0 Å². The molecule has 1 fully saturated rings. The summed E-state index contributed by atoms with van der Waals surface area (Å²) in [6, 6.07) is 8.26. The standard InChI is InChI=1S/C18H23NO3S/c20-16(21)8-7-13-4-3-10-19(12-13)18(22)17-15-6-2-1-5-14(15)9-11-23-17/h1-2,5-6,13,17H,3-4,7-12H2,(H,20,21). The van der Waals surface area contributed by atoms with Gasteiger partial charge in [-0.25, -0.2) is 0 Å². The Morgan fingerprint density at radius 3 is 2.96 bits per heavy atom. The lowest BCUT2D eigenvalue weighted by Gasteiger charge is -2.36. The van der Waals surface area contributed by atoms with Crippen LogP contribution in [0.4, 0.5) is 0 Å². The van der Waals surface area contributed by atoms with E-state index in [1.54, 1.807) is 11.8 Å². The Labute approximate surface area is 141 Å². The first-order valence-corrected chi connectivity index (χ1v) is 9.40. The number of thioether (sulfide) groups is 1. The van der Waals surface area contributed by atoms with Crippen molar-refractivity contribution in [1.29, 1.82) is 0 Å². The molecule has 2 heterocycles. The number of hydrogen-bond donors (Lipinski definition) is 1. The molecule has 3 rings (SSSR count). The lowest BCUT2D eigenvalue weighted by molar-refractivity contribution is -0.137. The maximum absolute atomic E-state index is 13.0. The van der Waals surface area contributed by atoms with E-state index in [2.05, 4.69) is 12.1 Å². The molecule has 1 aromatic carbocycles. The van der Waals surface area contributed by atoms with Crippen LogP contribution in [0.3, 0.4) is 0 Å². The van der Waals surface area contributed by atoms with Crippen LogP contribution in [0, 0.1) is 5.92 Å². The monoisotopic (exact) mass is 333 g/mol. The molecule has 1 saturated heterocycles. The van der Waals surface area contributed by atoms with Crippen molar-refractivity contribution in [2.45, 2.75) is 37.4 Å². The highest BCUT2D eigenvalue weighted by Gasteiger charge is 2.32. The van der Waals surface area contributed by atoms with Crippen LogP contribution in [0.25, 0.3) is 0 Å². The minimum Gasteiger partial charge on any atom is -0.481 e. The number of aliphatic carboxylic acids is 1. The summed E-state index contributed by atoms with van der Waals surface area (Å²) in [4.78, 5) is 25.7. The fourth-order valence-corrected chi connectivity index (χ4v) is 4.87. The Kier molecular flexibility index (Phi) is 5.26. The lowest BCUT2D eigenvalue weighted by atomic mass is 9.92. The third-order valence-corrected chi connectivity index (χ3v) is 6.04. The van der Waals surface area contributed by atoms with E-state index in [1.165, 1.54) is 11.1 Å². The fourth-order valence-electron chi connectivity index (χ4n) is 3.59. The molecule has 1 aromatic rings. The first kappa shape index (κ1) is 16.4. The number of likely N-dealkylation sites (tertiary alicyclic amines) is 1. The van der Waals surface area contributed by atoms with Gasteiger partial charge in [-0.2, -0.15) is 0 Å². The average Bonchev–Trinajstić information content (AvgIpc) is 2.59. The Balaban J connectivity index is 1.67. The van der Waals surface area contributed by atoms with Gasteiger partial charge in [0.05, 0.1) is 0 Å². The molecular weight excluding hydrogens is 310 g/mol. The molecule has 23 heavy (non-hydrogen) atoms. The summed E-state index contributed by atoms with van der Waals surface area (Å²) >= 11 is 1.74. The minimum absolute atomic E-state index is 0.0850. The van der Waals surface area contributed by atoms with Gasteiger partial charge < -0.3 is 10.0 Å². The molecule has 0 radical (unpaired) electrons. The van der Waals surface area contributed by atoms with Crippen molar-refractivity contribution in [3.8, 4) is 0 Å². The first-order chi connectivity index (χ1) is 11.1. The van der Waals surface area contributed by atoms with Crippen molar-refractivity contribution < 1.29 is 14.7 Å². The van der Waals surface area contributed by atoms with E-state index < -0.39 is 5.97 Å². The van der Waals surface area contributed by atoms with Gasteiger partial charge in [0, 0.05) is 19.5 Å². The van der Waals surface area contributed by atoms with Crippen molar-refractivity contribution in [3.05, 3.63) is 35.4 Å². The van der Waals surface area contributed by atoms with Gasteiger partial charge in [0.1, 0.15) is 5.25 Å². The molecule has 2 unspecified atom stereocenters. The lowest BCUT2D eigenvalue weighted by Crippen LogP contribution is -2.42. The smallest absolute Gasteiger partial charge is 0.303 e. The molecule has 0 bridgehead atoms. The number of amides is 1. The van der Waals surface area contributed by atoms with Crippen LogP contribution < -0.4 is 0 Å². The fraction of sp³-hybridized carbons (Fsp3) is 0.556. The highest BCUT2D eigenvalue weighted by atomic mass is 32.2. The summed E-state index contributed by atoms with van der Waals surface area (Å²) in [7, 11) is 0. The Morgan fingerprint density at radius 2 is 2.13 bits per heavy atom. The Hall–Kier alpha value is -1.49. The predicted molar refractivity (Wildman–Crippen MR) is 91.5 cm³/mol. The van der Waals surface area contributed by atoms with Gasteiger partial charge in [-0.05, 0) is 48.5 Å². The van der Waals surface area contributed by atoms with E-state index in [0.29, 0.717) is 18.9 Å². The molecule has 0 aromatic heterocycles. The minimum atomic E-state index is -0.745. The second-order valence-corrected chi connectivity index (χ2v) is 7.64. The van der Waals surface area contributed by atoms with Gasteiger partial charge in [0.25, 0.3) is 0 Å². The summed E-state index contributed by atoms with van der Waals surface area (Å²) in [6.45, 7) is 1.52. The number of carbonyl (C=O) groups is 2. The van der Waals surface area contributed by atoms with Crippen LogP contribution in [0.1, 0.15) is 42.1 Å². The summed E-state index contributed by atoms with van der Waals surface area (Å²) < 4.78 is 0. The van der Waals surface area contributed by atoms with Crippen LogP contribution in [-0.2, 0) is 16.0 Å². The molecule has 2 atom stereocenters. The summed E-state index contributed by atoms with van der Waals surface area (Å²) in [5, 5.41) is 8.76. The molecule has 0 spiro atoms. The Morgan fingerprint density at radius 1 is 1.30 bits per heavy atom.